The van der Waals surface area contributed by atoms with Crippen LogP contribution in [-0.4, -0.2) is 30.6 Å². The van der Waals surface area contributed by atoms with E-state index in [2.05, 4.69) is 17.1 Å². The third-order valence-corrected chi connectivity index (χ3v) is 4.52. The van der Waals surface area contributed by atoms with Crippen LogP contribution in [0.15, 0.2) is 53.1 Å². The second-order valence-electron chi connectivity index (χ2n) is 6.33. The minimum absolute atomic E-state index is 0.0378. The predicted molar refractivity (Wildman–Crippen MR) is 91.9 cm³/mol. The molecule has 128 valence electrons. The molecule has 0 bridgehead atoms. The van der Waals surface area contributed by atoms with E-state index in [1.54, 1.807) is 18.4 Å². The van der Waals surface area contributed by atoms with Gasteiger partial charge < -0.3 is 14.5 Å². The Balaban J connectivity index is 1.59. The number of ether oxygens (including phenoxy) is 1. The van der Waals surface area contributed by atoms with Crippen molar-refractivity contribution >= 4 is 6.09 Å². The van der Waals surface area contributed by atoms with Crippen molar-refractivity contribution in [2.24, 2.45) is 5.92 Å². The standard InChI is InChI=1S/C19H24N2O3/c1-15-9-11-21(12-10-15)17(18-8-5-13-23-18)14-20-19(22)24-16-6-3-2-4-7-16/h2-8,13,15,17H,9-12,14H2,1H3,(H,20,22). The molecular formula is C19H24N2O3. The van der Waals surface area contributed by atoms with Gasteiger partial charge in [-0.05, 0) is 56.1 Å². The zero-order chi connectivity index (χ0) is 16.8. The normalized spacial score (nSPS) is 17.4. The fraction of sp³-hybridized carbons (Fsp3) is 0.421. The molecule has 1 aliphatic rings. The molecule has 5 heteroatoms. The van der Waals surface area contributed by atoms with Crippen LogP contribution >= 0.6 is 0 Å². The first-order chi connectivity index (χ1) is 11.7. The van der Waals surface area contributed by atoms with E-state index in [9.17, 15) is 4.79 Å². The molecule has 0 spiro atoms. The molecule has 1 aromatic heterocycles. The van der Waals surface area contributed by atoms with E-state index < -0.39 is 6.09 Å². The minimum Gasteiger partial charge on any atom is -0.468 e. The van der Waals surface area contributed by atoms with Gasteiger partial charge in [0.05, 0.1) is 12.3 Å². The summed E-state index contributed by atoms with van der Waals surface area (Å²) in [6.45, 7) is 4.78. The van der Waals surface area contributed by atoms with Crippen molar-refractivity contribution in [1.29, 1.82) is 0 Å². The summed E-state index contributed by atoms with van der Waals surface area (Å²) in [4.78, 5) is 14.4. The van der Waals surface area contributed by atoms with E-state index in [0.29, 0.717) is 12.3 Å². The summed E-state index contributed by atoms with van der Waals surface area (Å²) in [5.41, 5.74) is 0. The smallest absolute Gasteiger partial charge is 0.412 e. The van der Waals surface area contributed by atoms with Gasteiger partial charge in [-0.3, -0.25) is 4.90 Å². The van der Waals surface area contributed by atoms with Gasteiger partial charge in [-0.15, -0.1) is 0 Å². The number of furan rings is 1. The number of amides is 1. The Hall–Kier alpha value is -2.27. The Labute approximate surface area is 142 Å². The molecule has 1 amide bonds. The van der Waals surface area contributed by atoms with Crippen molar-refractivity contribution in [3.8, 4) is 5.75 Å². The lowest BCUT2D eigenvalue weighted by Crippen LogP contribution is -2.42. The Bertz CT molecular complexity index is 619. The predicted octanol–water partition coefficient (Wildman–Crippen LogP) is 3.84. The summed E-state index contributed by atoms with van der Waals surface area (Å²) in [7, 11) is 0. The molecule has 1 aromatic carbocycles. The summed E-state index contributed by atoms with van der Waals surface area (Å²) in [6, 6.07) is 13.0. The van der Waals surface area contributed by atoms with Crippen molar-refractivity contribution in [2.45, 2.75) is 25.8 Å². The number of para-hydroxylation sites is 1. The van der Waals surface area contributed by atoms with Crippen LogP contribution in [0.25, 0.3) is 0 Å². The lowest BCUT2D eigenvalue weighted by molar-refractivity contribution is 0.119. The maximum Gasteiger partial charge on any atom is 0.412 e. The third kappa shape index (κ3) is 4.38. The molecule has 0 aliphatic carbocycles. The number of nitrogens with one attached hydrogen (secondary N) is 1. The number of likely N-dealkylation sites (tertiary alicyclic amines) is 1. The van der Waals surface area contributed by atoms with Gasteiger partial charge in [0.1, 0.15) is 11.5 Å². The van der Waals surface area contributed by atoms with Crippen molar-refractivity contribution in [1.82, 2.24) is 10.2 Å². The van der Waals surface area contributed by atoms with E-state index in [-0.39, 0.29) is 6.04 Å². The highest BCUT2D eigenvalue weighted by Gasteiger charge is 2.27. The summed E-state index contributed by atoms with van der Waals surface area (Å²) < 4.78 is 10.9. The number of hydrogen-bond donors (Lipinski definition) is 1. The molecule has 1 saturated heterocycles. The van der Waals surface area contributed by atoms with Gasteiger partial charge >= 0.3 is 6.09 Å². The molecule has 2 heterocycles. The molecule has 24 heavy (non-hydrogen) atoms. The van der Waals surface area contributed by atoms with E-state index in [1.807, 2.05) is 30.3 Å². The summed E-state index contributed by atoms with van der Waals surface area (Å²) in [5.74, 6) is 2.18. The monoisotopic (exact) mass is 328 g/mol. The second-order valence-corrected chi connectivity index (χ2v) is 6.33. The molecule has 1 atom stereocenters. The maximum atomic E-state index is 12.0. The van der Waals surface area contributed by atoms with Crippen molar-refractivity contribution in [2.75, 3.05) is 19.6 Å². The largest absolute Gasteiger partial charge is 0.468 e. The maximum absolute atomic E-state index is 12.0. The lowest BCUT2D eigenvalue weighted by Gasteiger charge is -2.35. The molecule has 2 aromatic rings. The van der Waals surface area contributed by atoms with Crippen molar-refractivity contribution in [3.63, 3.8) is 0 Å². The number of piperidine rings is 1. The van der Waals surface area contributed by atoms with Crippen LogP contribution in [0.5, 0.6) is 5.75 Å². The van der Waals surface area contributed by atoms with Gasteiger partial charge in [-0.25, -0.2) is 4.79 Å². The van der Waals surface area contributed by atoms with Crippen LogP contribution in [0, 0.1) is 5.92 Å². The minimum atomic E-state index is -0.442. The van der Waals surface area contributed by atoms with E-state index in [1.165, 1.54) is 12.8 Å². The summed E-state index contributed by atoms with van der Waals surface area (Å²) >= 11 is 0. The average Bonchev–Trinajstić information content (AvgIpc) is 3.12. The first-order valence-corrected chi connectivity index (χ1v) is 8.50. The van der Waals surface area contributed by atoms with Gasteiger partial charge in [0.2, 0.25) is 0 Å². The van der Waals surface area contributed by atoms with Crippen molar-refractivity contribution in [3.05, 3.63) is 54.5 Å². The highest BCUT2D eigenvalue weighted by atomic mass is 16.6. The van der Waals surface area contributed by atoms with Gasteiger partial charge in [0, 0.05) is 6.54 Å². The molecule has 5 nitrogen and oxygen atoms in total. The van der Waals surface area contributed by atoms with Gasteiger partial charge in [0.15, 0.2) is 0 Å². The van der Waals surface area contributed by atoms with Crippen LogP contribution < -0.4 is 10.1 Å². The second kappa shape index (κ2) is 8.02. The molecule has 3 rings (SSSR count). The first kappa shape index (κ1) is 16.6. The van der Waals surface area contributed by atoms with Crippen LogP contribution in [-0.2, 0) is 0 Å². The number of benzene rings is 1. The zero-order valence-electron chi connectivity index (χ0n) is 14.0. The van der Waals surface area contributed by atoms with Crippen LogP contribution in [0.4, 0.5) is 4.79 Å². The van der Waals surface area contributed by atoms with Crippen molar-refractivity contribution < 1.29 is 13.9 Å². The third-order valence-electron chi connectivity index (χ3n) is 4.52. The number of carbonyl (C=O) groups is 1. The van der Waals surface area contributed by atoms with Gasteiger partial charge in [-0.1, -0.05) is 25.1 Å². The highest BCUT2D eigenvalue weighted by molar-refractivity contribution is 5.70. The average molecular weight is 328 g/mol. The van der Waals surface area contributed by atoms with Crippen LogP contribution in [0.2, 0.25) is 0 Å². The number of hydrogen-bond acceptors (Lipinski definition) is 4. The Morgan fingerprint density at radius 1 is 1.25 bits per heavy atom. The summed E-state index contributed by atoms with van der Waals surface area (Å²) in [5, 5.41) is 2.87. The van der Waals surface area contributed by atoms with E-state index >= 15 is 0 Å². The molecule has 1 aliphatic heterocycles. The number of rotatable bonds is 5. The molecule has 1 N–H and O–H groups in total. The summed E-state index contributed by atoms with van der Waals surface area (Å²) in [6.07, 6.45) is 3.58. The number of carbonyl (C=O) groups excluding carboxylic acids is 1. The number of nitrogens with zero attached hydrogens (tertiary/aromatic N) is 1. The lowest BCUT2D eigenvalue weighted by atomic mass is 9.97. The molecule has 1 fully saturated rings. The van der Waals surface area contributed by atoms with E-state index in [4.69, 9.17) is 9.15 Å². The fourth-order valence-electron chi connectivity index (χ4n) is 3.04. The SMILES string of the molecule is CC1CCN(C(CNC(=O)Oc2ccccc2)c2ccco2)CC1. The van der Waals surface area contributed by atoms with E-state index in [0.717, 1.165) is 24.8 Å². The fourth-order valence-corrected chi connectivity index (χ4v) is 3.04. The molecular weight excluding hydrogens is 304 g/mol. The zero-order valence-corrected chi connectivity index (χ0v) is 14.0. The topological polar surface area (TPSA) is 54.7 Å². The quantitative estimate of drug-likeness (QED) is 0.906. The van der Waals surface area contributed by atoms with Crippen LogP contribution in [0.3, 0.4) is 0 Å². The highest BCUT2D eigenvalue weighted by Crippen LogP contribution is 2.26. The Morgan fingerprint density at radius 3 is 2.67 bits per heavy atom. The molecule has 0 radical (unpaired) electrons. The van der Waals surface area contributed by atoms with Gasteiger partial charge in [0.25, 0.3) is 0 Å². The Kier molecular flexibility index (Phi) is 5.54. The molecule has 0 saturated carbocycles. The Morgan fingerprint density at radius 2 is 2.00 bits per heavy atom. The van der Waals surface area contributed by atoms with Gasteiger partial charge in [-0.2, -0.15) is 0 Å². The molecule has 1 unspecified atom stereocenters. The van der Waals surface area contributed by atoms with Crippen LogP contribution in [0.1, 0.15) is 31.6 Å². The first-order valence-electron chi connectivity index (χ1n) is 8.50.